The first-order valence-electron chi connectivity index (χ1n) is 5.23. The number of rotatable bonds is 5. The summed E-state index contributed by atoms with van der Waals surface area (Å²) < 4.78 is 1.01. The van der Waals surface area contributed by atoms with E-state index in [1.165, 1.54) is 0 Å². The Morgan fingerprint density at radius 1 is 1.38 bits per heavy atom. The van der Waals surface area contributed by atoms with Gasteiger partial charge < -0.3 is 0 Å². The molecule has 16 heavy (non-hydrogen) atoms. The summed E-state index contributed by atoms with van der Waals surface area (Å²) in [6.07, 6.45) is 0.339. The van der Waals surface area contributed by atoms with Gasteiger partial charge in [-0.3, -0.25) is 9.63 Å². The van der Waals surface area contributed by atoms with Crippen LogP contribution in [0.2, 0.25) is 0 Å². The van der Waals surface area contributed by atoms with Crippen LogP contribution < -0.4 is 5.48 Å². The number of carbonyl (C=O) groups is 1. The van der Waals surface area contributed by atoms with E-state index in [1.807, 2.05) is 38.1 Å². The molecule has 0 radical (unpaired) electrons. The van der Waals surface area contributed by atoms with Crippen molar-refractivity contribution >= 4 is 21.8 Å². The summed E-state index contributed by atoms with van der Waals surface area (Å²) >= 11 is 3.34. The van der Waals surface area contributed by atoms with Crippen LogP contribution in [0.3, 0.4) is 0 Å². The molecule has 0 saturated heterocycles. The van der Waals surface area contributed by atoms with Crippen molar-refractivity contribution in [3.63, 3.8) is 0 Å². The average molecular weight is 286 g/mol. The summed E-state index contributed by atoms with van der Waals surface area (Å²) in [6, 6.07) is 7.65. The third kappa shape index (κ3) is 5.28. The maximum atomic E-state index is 11.4. The van der Waals surface area contributed by atoms with Gasteiger partial charge in [0.1, 0.15) is 0 Å². The van der Waals surface area contributed by atoms with Gasteiger partial charge in [0.25, 0.3) is 0 Å². The van der Waals surface area contributed by atoms with Gasteiger partial charge in [-0.25, -0.2) is 5.48 Å². The molecule has 1 rings (SSSR count). The molecule has 0 spiro atoms. The van der Waals surface area contributed by atoms with E-state index in [0.29, 0.717) is 18.9 Å². The fourth-order valence-electron chi connectivity index (χ4n) is 1.11. The van der Waals surface area contributed by atoms with E-state index >= 15 is 0 Å². The van der Waals surface area contributed by atoms with Gasteiger partial charge in [0.05, 0.1) is 13.0 Å². The Labute approximate surface area is 104 Å². The summed E-state index contributed by atoms with van der Waals surface area (Å²) in [5, 5.41) is 0. The monoisotopic (exact) mass is 285 g/mol. The molecule has 0 fully saturated rings. The number of carbonyl (C=O) groups excluding carboxylic acids is 1. The maximum absolute atomic E-state index is 11.4. The highest BCUT2D eigenvalue weighted by atomic mass is 79.9. The summed E-state index contributed by atoms with van der Waals surface area (Å²) in [7, 11) is 0. The fourth-order valence-corrected chi connectivity index (χ4v) is 1.38. The van der Waals surface area contributed by atoms with Crippen LogP contribution in [-0.4, -0.2) is 12.5 Å². The first-order chi connectivity index (χ1) is 7.58. The zero-order valence-corrected chi connectivity index (χ0v) is 11.1. The van der Waals surface area contributed by atoms with Gasteiger partial charge in [0, 0.05) is 4.47 Å². The molecule has 0 unspecified atom stereocenters. The lowest BCUT2D eigenvalue weighted by molar-refractivity contribution is -0.133. The summed E-state index contributed by atoms with van der Waals surface area (Å²) in [4.78, 5) is 16.5. The van der Waals surface area contributed by atoms with E-state index < -0.39 is 0 Å². The Balaban J connectivity index is 2.31. The van der Waals surface area contributed by atoms with E-state index in [4.69, 9.17) is 4.84 Å². The lowest BCUT2D eigenvalue weighted by atomic mass is 10.1. The zero-order chi connectivity index (χ0) is 12.0. The minimum absolute atomic E-state index is 0.122. The van der Waals surface area contributed by atoms with Crippen molar-refractivity contribution in [2.75, 3.05) is 6.61 Å². The average Bonchev–Trinajstić information content (AvgIpc) is 2.21. The van der Waals surface area contributed by atoms with E-state index in [1.54, 1.807) is 0 Å². The van der Waals surface area contributed by atoms with E-state index in [-0.39, 0.29) is 5.91 Å². The highest BCUT2D eigenvalue weighted by molar-refractivity contribution is 9.10. The Morgan fingerprint density at radius 3 is 2.56 bits per heavy atom. The molecule has 0 aliphatic carbocycles. The quantitative estimate of drug-likeness (QED) is 0.845. The molecule has 88 valence electrons. The zero-order valence-electron chi connectivity index (χ0n) is 9.50. The summed E-state index contributed by atoms with van der Waals surface area (Å²) in [6.45, 7) is 4.59. The SMILES string of the molecule is CC(C)CONC(=O)Cc1ccc(Br)cc1. The van der Waals surface area contributed by atoms with Crippen LogP contribution in [0.4, 0.5) is 0 Å². The third-order valence-electron chi connectivity index (χ3n) is 1.88. The number of benzene rings is 1. The molecule has 0 atom stereocenters. The van der Waals surface area contributed by atoms with Crippen molar-refractivity contribution in [2.45, 2.75) is 20.3 Å². The van der Waals surface area contributed by atoms with Crippen molar-refractivity contribution < 1.29 is 9.63 Å². The lowest BCUT2D eigenvalue weighted by Crippen LogP contribution is -2.27. The molecule has 0 aliphatic heterocycles. The minimum atomic E-state index is -0.122. The second kappa shape index (κ2) is 6.66. The molecule has 0 aromatic heterocycles. The molecule has 1 N–H and O–H groups in total. The fraction of sp³-hybridized carbons (Fsp3) is 0.417. The molecule has 1 amide bonds. The minimum Gasteiger partial charge on any atom is -0.273 e. The first kappa shape index (κ1) is 13.2. The number of amides is 1. The van der Waals surface area contributed by atoms with Crippen LogP contribution in [-0.2, 0) is 16.1 Å². The molecule has 0 saturated carbocycles. The van der Waals surface area contributed by atoms with Crippen molar-refractivity contribution in [2.24, 2.45) is 5.92 Å². The largest absolute Gasteiger partial charge is 0.273 e. The van der Waals surface area contributed by atoms with Crippen molar-refractivity contribution in [1.29, 1.82) is 0 Å². The second-order valence-electron chi connectivity index (χ2n) is 4.03. The second-order valence-corrected chi connectivity index (χ2v) is 4.95. The van der Waals surface area contributed by atoms with Crippen LogP contribution >= 0.6 is 15.9 Å². The van der Waals surface area contributed by atoms with Crippen LogP contribution in [0.1, 0.15) is 19.4 Å². The van der Waals surface area contributed by atoms with Gasteiger partial charge >= 0.3 is 0 Å². The van der Waals surface area contributed by atoms with Gasteiger partial charge in [-0.2, -0.15) is 0 Å². The molecule has 0 heterocycles. The molecule has 4 heteroatoms. The van der Waals surface area contributed by atoms with Crippen molar-refractivity contribution in [1.82, 2.24) is 5.48 Å². The first-order valence-corrected chi connectivity index (χ1v) is 6.02. The number of hydrogen-bond acceptors (Lipinski definition) is 2. The molecule has 1 aromatic carbocycles. The predicted octanol–water partition coefficient (Wildman–Crippen LogP) is 2.70. The van der Waals surface area contributed by atoms with Crippen LogP contribution in [0.25, 0.3) is 0 Å². The predicted molar refractivity (Wildman–Crippen MR) is 66.8 cm³/mol. The lowest BCUT2D eigenvalue weighted by Gasteiger charge is -2.07. The van der Waals surface area contributed by atoms with Gasteiger partial charge in [-0.15, -0.1) is 0 Å². The number of halogens is 1. The topological polar surface area (TPSA) is 38.3 Å². The van der Waals surface area contributed by atoms with Gasteiger partial charge in [0.2, 0.25) is 5.91 Å². The van der Waals surface area contributed by atoms with Crippen LogP contribution in [0.15, 0.2) is 28.7 Å². The highest BCUT2D eigenvalue weighted by Crippen LogP contribution is 2.10. The van der Waals surface area contributed by atoms with Crippen LogP contribution in [0, 0.1) is 5.92 Å². The van der Waals surface area contributed by atoms with Gasteiger partial charge in [-0.1, -0.05) is 41.9 Å². The molecule has 0 bridgehead atoms. The molecule has 1 aromatic rings. The van der Waals surface area contributed by atoms with Gasteiger partial charge in [0.15, 0.2) is 0 Å². The van der Waals surface area contributed by atoms with E-state index in [0.717, 1.165) is 10.0 Å². The Morgan fingerprint density at radius 2 is 2.00 bits per heavy atom. The highest BCUT2D eigenvalue weighted by Gasteiger charge is 2.03. The van der Waals surface area contributed by atoms with Gasteiger partial charge in [-0.05, 0) is 23.6 Å². The molecule has 3 nitrogen and oxygen atoms in total. The van der Waals surface area contributed by atoms with E-state index in [2.05, 4.69) is 21.4 Å². The Hall–Kier alpha value is -0.870. The maximum Gasteiger partial charge on any atom is 0.247 e. The van der Waals surface area contributed by atoms with Crippen molar-refractivity contribution in [3.8, 4) is 0 Å². The summed E-state index contributed by atoms with van der Waals surface area (Å²) in [5.41, 5.74) is 3.39. The number of nitrogens with one attached hydrogen (secondary N) is 1. The standard InChI is InChI=1S/C12H16BrNO2/c1-9(2)8-16-14-12(15)7-10-3-5-11(13)6-4-10/h3-6,9H,7-8H2,1-2H3,(H,14,15). The molecule has 0 aliphatic rings. The Kier molecular flexibility index (Phi) is 5.49. The van der Waals surface area contributed by atoms with E-state index in [9.17, 15) is 4.79 Å². The Bertz CT molecular complexity index is 335. The third-order valence-corrected chi connectivity index (χ3v) is 2.41. The van der Waals surface area contributed by atoms with Crippen LogP contribution in [0.5, 0.6) is 0 Å². The normalized spacial score (nSPS) is 10.5. The number of hydrogen-bond donors (Lipinski definition) is 1. The molecular formula is C12H16BrNO2. The molecular weight excluding hydrogens is 270 g/mol. The summed E-state index contributed by atoms with van der Waals surface area (Å²) in [5.74, 6) is 0.288. The smallest absolute Gasteiger partial charge is 0.247 e. The number of hydroxylamine groups is 1. The van der Waals surface area contributed by atoms with Crippen molar-refractivity contribution in [3.05, 3.63) is 34.3 Å².